The highest BCUT2D eigenvalue weighted by Crippen LogP contribution is 2.20. The van der Waals surface area contributed by atoms with Crippen molar-refractivity contribution < 1.29 is 19.1 Å². The van der Waals surface area contributed by atoms with E-state index in [0.717, 1.165) is 38.0 Å². The van der Waals surface area contributed by atoms with Crippen LogP contribution in [-0.4, -0.2) is 80.2 Å². The van der Waals surface area contributed by atoms with Crippen molar-refractivity contribution in [1.82, 2.24) is 14.7 Å². The minimum absolute atomic E-state index is 0.0739. The summed E-state index contributed by atoms with van der Waals surface area (Å²) in [5.74, 6) is 0.695. The molecule has 0 aliphatic carbocycles. The second kappa shape index (κ2) is 13.5. The lowest BCUT2D eigenvalue weighted by Crippen LogP contribution is -2.52. The number of carbonyl (C=O) groups is 2. The summed E-state index contributed by atoms with van der Waals surface area (Å²) >= 11 is 0. The summed E-state index contributed by atoms with van der Waals surface area (Å²) in [5.41, 5.74) is 2.03. The topological polar surface area (TPSA) is 62.3 Å². The van der Waals surface area contributed by atoms with Gasteiger partial charge in [0.15, 0.2) is 0 Å². The van der Waals surface area contributed by atoms with Crippen molar-refractivity contribution in [2.75, 3.05) is 47.0 Å². The highest BCUT2D eigenvalue weighted by atomic mass is 16.5. The Balaban J connectivity index is 1.59. The molecular weight excluding hydrogens is 430 g/mol. The van der Waals surface area contributed by atoms with E-state index in [1.54, 1.807) is 19.1 Å². The first-order valence-corrected chi connectivity index (χ1v) is 11.7. The van der Waals surface area contributed by atoms with Crippen LogP contribution in [0.5, 0.6) is 5.75 Å². The summed E-state index contributed by atoms with van der Waals surface area (Å²) in [4.78, 5) is 30.6. The number of hydrogen-bond donors (Lipinski definition) is 0. The molecule has 1 aliphatic heterocycles. The van der Waals surface area contributed by atoms with E-state index in [0.29, 0.717) is 25.3 Å². The number of hydrogen-bond acceptors (Lipinski definition) is 5. The molecule has 0 saturated carbocycles. The van der Waals surface area contributed by atoms with Crippen molar-refractivity contribution in [2.24, 2.45) is 0 Å². The molecule has 0 spiro atoms. The van der Waals surface area contributed by atoms with Crippen molar-refractivity contribution in [2.45, 2.75) is 25.4 Å². The summed E-state index contributed by atoms with van der Waals surface area (Å²) in [6.07, 6.45) is 6.67. The molecular formula is C27H35N3O4. The van der Waals surface area contributed by atoms with Gasteiger partial charge in [0.2, 0.25) is 6.41 Å². The molecule has 1 aliphatic rings. The highest BCUT2D eigenvalue weighted by molar-refractivity contribution is 5.85. The van der Waals surface area contributed by atoms with E-state index in [2.05, 4.69) is 29.2 Å². The van der Waals surface area contributed by atoms with Gasteiger partial charge in [0.05, 0.1) is 20.3 Å². The Morgan fingerprint density at radius 2 is 1.85 bits per heavy atom. The normalized spacial score (nSPS) is 14.8. The van der Waals surface area contributed by atoms with Gasteiger partial charge in [0.25, 0.3) is 0 Å². The first-order chi connectivity index (χ1) is 16.6. The first kappa shape index (κ1) is 25.5. The lowest BCUT2D eigenvalue weighted by Gasteiger charge is -2.39. The number of nitrogens with zero attached hydrogens (tertiary/aromatic N) is 3. The van der Waals surface area contributed by atoms with Gasteiger partial charge in [-0.05, 0) is 36.1 Å². The molecule has 0 bridgehead atoms. The monoisotopic (exact) mass is 465 g/mol. The van der Waals surface area contributed by atoms with Crippen molar-refractivity contribution in [3.63, 3.8) is 0 Å². The van der Waals surface area contributed by atoms with Crippen LogP contribution < -0.4 is 4.74 Å². The van der Waals surface area contributed by atoms with Crippen LogP contribution in [-0.2, 0) is 16.1 Å². The summed E-state index contributed by atoms with van der Waals surface area (Å²) < 4.78 is 10.5. The molecule has 2 aromatic rings. The van der Waals surface area contributed by atoms with Gasteiger partial charge in [-0.1, -0.05) is 54.6 Å². The van der Waals surface area contributed by atoms with Gasteiger partial charge in [-0.15, -0.1) is 0 Å². The molecule has 1 fully saturated rings. The van der Waals surface area contributed by atoms with Crippen LogP contribution in [0.4, 0.5) is 4.79 Å². The standard InChI is InChI=1S/C27H35N3O4/c1-33-19-18-30(27(32)29(22-31)21-24-10-6-12-26(20-24)34-2)25-13-16-28(17-14-25)15-7-11-23-8-4-3-5-9-23/h3-12,20,22,25H,13-19,21H2,1-2H3/b11-7+. The molecule has 34 heavy (non-hydrogen) atoms. The first-order valence-electron chi connectivity index (χ1n) is 11.7. The van der Waals surface area contributed by atoms with E-state index in [9.17, 15) is 9.59 Å². The number of carbonyl (C=O) groups excluding carboxylic acids is 2. The number of rotatable bonds is 11. The average molecular weight is 466 g/mol. The number of ether oxygens (including phenoxy) is 2. The van der Waals surface area contributed by atoms with E-state index in [-0.39, 0.29) is 18.6 Å². The molecule has 0 radical (unpaired) electrons. The number of likely N-dealkylation sites (tertiary alicyclic amines) is 1. The zero-order valence-corrected chi connectivity index (χ0v) is 20.1. The fourth-order valence-electron chi connectivity index (χ4n) is 4.22. The van der Waals surface area contributed by atoms with Crippen LogP contribution in [0.1, 0.15) is 24.0 Å². The average Bonchev–Trinajstić information content (AvgIpc) is 2.89. The van der Waals surface area contributed by atoms with E-state index < -0.39 is 0 Å². The number of methoxy groups -OCH3 is 2. The molecule has 0 unspecified atom stereocenters. The minimum atomic E-state index is -0.280. The predicted molar refractivity (Wildman–Crippen MR) is 134 cm³/mol. The van der Waals surface area contributed by atoms with Crippen LogP contribution in [0.3, 0.4) is 0 Å². The van der Waals surface area contributed by atoms with E-state index in [1.807, 2.05) is 42.5 Å². The molecule has 7 nitrogen and oxygen atoms in total. The predicted octanol–water partition coefficient (Wildman–Crippen LogP) is 3.90. The van der Waals surface area contributed by atoms with Crippen molar-refractivity contribution in [1.29, 1.82) is 0 Å². The molecule has 3 rings (SSSR count). The Bertz CT molecular complexity index is 926. The maximum Gasteiger partial charge on any atom is 0.327 e. The van der Waals surface area contributed by atoms with Gasteiger partial charge in [-0.25, -0.2) is 4.79 Å². The Kier molecular flexibility index (Phi) is 10.1. The number of benzene rings is 2. The Hall–Kier alpha value is -3.16. The van der Waals surface area contributed by atoms with Crippen LogP contribution in [0.2, 0.25) is 0 Å². The summed E-state index contributed by atoms with van der Waals surface area (Å²) in [5, 5.41) is 0. The zero-order chi connectivity index (χ0) is 24.2. The van der Waals surface area contributed by atoms with Gasteiger partial charge in [0.1, 0.15) is 5.75 Å². The van der Waals surface area contributed by atoms with Crippen molar-refractivity contribution in [3.8, 4) is 5.75 Å². The molecule has 0 atom stereocenters. The van der Waals surface area contributed by atoms with Gasteiger partial charge >= 0.3 is 6.03 Å². The van der Waals surface area contributed by atoms with E-state index in [1.165, 1.54) is 10.5 Å². The Morgan fingerprint density at radius 3 is 2.53 bits per heavy atom. The van der Waals surface area contributed by atoms with Crippen LogP contribution in [0, 0.1) is 0 Å². The van der Waals surface area contributed by atoms with Gasteiger partial charge in [-0.3, -0.25) is 14.6 Å². The molecule has 7 heteroatoms. The highest BCUT2D eigenvalue weighted by Gasteiger charge is 2.30. The maximum atomic E-state index is 13.4. The summed E-state index contributed by atoms with van der Waals surface area (Å²) in [6.45, 7) is 3.76. The molecule has 0 aromatic heterocycles. The number of piperidine rings is 1. The molecule has 1 saturated heterocycles. The maximum absolute atomic E-state index is 13.4. The lowest BCUT2D eigenvalue weighted by molar-refractivity contribution is -0.116. The van der Waals surface area contributed by atoms with Gasteiger partial charge in [-0.2, -0.15) is 0 Å². The second-order valence-electron chi connectivity index (χ2n) is 8.40. The molecule has 0 N–H and O–H groups in total. The third kappa shape index (κ3) is 7.43. The van der Waals surface area contributed by atoms with Gasteiger partial charge in [0, 0.05) is 39.3 Å². The Morgan fingerprint density at radius 1 is 1.09 bits per heavy atom. The molecule has 182 valence electrons. The van der Waals surface area contributed by atoms with Crippen molar-refractivity contribution >= 4 is 18.5 Å². The van der Waals surface area contributed by atoms with Crippen LogP contribution in [0.25, 0.3) is 6.08 Å². The minimum Gasteiger partial charge on any atom is -0.497 e. The third-order valence-electron chi connectivity index (χ3n) is 6.11. The lowest BCUT2D eigenvalue weighted by atomic mass is 10.0. The van der Waals surface area contributed by atoms with E-state index >= 15 is 0 Å². The largest absolute Gasteiger partial charge is 0.497 e. The van der Waals surface area contributed by atoms with Gasteiger partial charge < -0.3 is 14.4 Å². The summed E-state index contributed by atoms with van der Waals surface area (Å²) in [7, 11) is 3.22. The fraction of sp³-hybridized carbons (Fsp3) is 0.407. The molecule has 1 heterocycles. The van der Waals surface area contributed by atoms with Crippen LogP contribution >= 0.6 is 0 Å². The number of amides is 3. The summed E-state index contributed by atoms with van der Waals surface area (Å²) in [6, 6.07) is 17.5. The second-order valence-corrected chi connectivity index (χ2v) is 8.40. The van der Waals surface area contributed by atoms with E-state index in [4.69, 9.17) is 9.47 Å². The molecule has 2 aromatic carbocycles. The quantitative estimate of drug-likeness (QED) is 0.471. The SMILES string of the molecule is COCCN(C(=O)N(C=O)Cc1cccc(OC)c1)C1CCN(C/C=C/c2ccccc2)CC1. The van der Waals surface area contributed by atoms with Crippen molar-refractivity contribution in [3.05, 3.63) is 71.8 Å². The third-order valence-corrected chi connectivity index (χ3v) is 6.11. The fourth-order valence-corrected chi connectivity index (χ4v) is 4.22. The smallest absolute Gasteiger partial charge is 0.327 e. The van der Waals surface area contributed by atoms with Crippen LogP contribution in [0.15, 0.2) is 60.7 Å². The zero-order valence-electron chi connectivity index (χ0n) is 20.1. The number of urea groups is 1. The number of imide groups is 1. The molecule has 3 amide bonds. The Labute approximate surface area is 202 Å².